The Morgan fingerprint density at radius 3 is 2.62 bits per heavy atom. The van der Waals surface area contributed by atoms with E-state index in [4.69, 9.17) is 5.11 Å². The van der Waals surface area contributed by atoms with Crippen molar-refractivity contribution in [2.45, 2.75) is 26.3 Å². The molecule has 0 aromatic heterocycles. The van der Waals surface area contributed by atoms with E-state index >= 15 is 0 Å². The number of para-hydroxylation sites is 1. The summed E-state index contributed by atoms with van der Waals surface area (Å²) < 4.78 is 0. The second kappa shape index (κ2) is 7.43. The van der Waals surface area contributed by atoms with E-state index in [1.54, 1.807) is 0 Å². The molecule has 2 atom stereocenters. The maximum Gasteiger partial charge on any atom is 0.307 e. The third kappa shape index (κ3) is 4.19. The number of carbonyl (C=O) groups excluding carboxylic acids is 1. The first-order valence-corrected chi connectivity index (χ1v) is 6.82. The SMILES string of the molecule is Cc1ccccc1NC(=O)C(C)N1CCC(C(=O)O)C1.Cl. The van der Waals surface area contributed by atoms with Gasteiger partial charge in [0.2, 0.25) is 5.91 Å². The van der Waals surface area contributed by atoms with Crippen molar-refractivity contribution in [1.82, 2.24) is 4.90 Å². The van der Waals surface area contributed by atoms with E-state index in [0.29, 0.717) is 19.5 Å². The van der Waals surface area contributed by atoms with Gasteiger partial charge in [-0.25, -0.2) is 0 Å². The number of aliphatic carboxylic acids is 1. The molecule has 2 N–H and O–H groups in total. The molecule has 1 fully saturated rings. The van der Waals surface area contributed by atoms with Crippen LogP contribution >= 0.6 is 12.4 Å². The standard InChI is InChI=1S/C15H20N2O3.ClH/c1-10-5-3-4-6-13(10)16-14(18)11(2)17-8-7-12(9-17)15(19)20;/h3-6,11-12H,7-9H2,1-2H3,(H,16,18)(H,19,20);1H. The van der Waals surface area contributed by atoms with Gasteiger partial charge in [0.15, 0.2) is 0 Å². The number of benzene rings is 1. The van der Waals surface area contributed by atoms with Gasteiger partial charge in [-0.2, -0.15) is 0 Å². The van der Waals surface area contributed by atoms with Crippen molar-refractivity contribution in [1.29, 1.82) is 0 Å². The summed E-state index contributed by atoms with van der Waals surface area (Å²) in [5.74, 6) is -1.23. The molecule has 1 saturated heterocycles. The molecule has 2 rings (SSSR count). The number of nitrogens with one attached hydrogen (secondary N) is 1. The van der Waals surface area contributed by atoms with Crippen molar-refractivity contribution in [3.8, 4) is 0 Å². The number of halogens is 1. The van der Waals surface area contributed by atoms with E-state index in [-0.39, 0.29) is 30.3 Å². The number of hydrogen-bond donors (Lipinski definition) is 2. The van der Waals surface area contributed by atoms with Crippen LogP contribution < -0.4 is 5.32 Å². The highest BCUT2D eigenvalue weighted by Gasteiger charge is 2.33. The van der Waals surface area contributed by atoms with Crippen LogP contribution in [-0.2, 0) is 9.59 Å². The molecule has 1 aliphatic rings. The van der Waals surface area contributed by atoms with Crippen molar-refractivity contribution in [3.63, 3.8) is 0 Å². The molecule has 1 aromatic carbocycles. The van der Waals surface area contributed by atoms with Gasteiger partial charge in [0, 0.05) is 12.2 Å². The van der Waals surface area contributed by atoms with E-state index in [0.717, 1.165) is 11.3 Å². The van der Waals surface area contributed by atoms with Gasteiger partial charge in [0.1, 0.15) is 0 Å². The van der Waals surface area contributed by atoms with E-state index in [1.807, 2.05) is 43.0 Å². The van der Waals surface area contributed by atoms with Gasteiger partial charge < -0.3 is 10.4 Å². The predicted octanol–water partition coefficient (Wildman–Crippen LogP) is 2.15. The Labute approximate surface area is 130 Å². The lowest BCUT2D eigenvalue weighted by Gasteiger charge is -2.23. The molecule has 0 bridgehead atoms. The lowest BCUT2D eigenvalue weighted by Crippen LogP contribution is -2.41. The van der Waals surface area contributed by atoms with E-state index in [1.165, 1.54) is 0 Å². The summed E-state index contributed by atoms with van der Waals surface area (Å²) >= 11 is 0. The fourth-order valence-corrected chi connectivity index (χ4v) is 2.46. The monoisotopic (exact) mass is 312 g/mol. The largest absolute Gasteiger partial charge is 0.481 e. The first-order chi connectivity index (χ1) is 9.49. The number of rotatable bonds is 4. The van der Waals surface area contributed by atoms with Gasteiger partial charge in [-0.1, -0.05) is 18.2 Å². The molecule has 1 aliphatic heterocycles. The average Bonchev–Trinajstić information content (AvgIpc) is 2.90. The number of carboxylic acids is 1. The molecule has 116 valence electrons. The maximum absolute atomic E-state index is 12.2. The highest BCUT2D eigenvalue weighted by molar-refractivity contribution is 5.95. The van der Waals surface area contributed by atoms with Crippen molar-refractivity contribution in [2.24, 2.45) is 5.92 Å². The van der Waals surface area contributed by atoms with Crippen LogP contribution in [0.25, 0.3) is 0 Å². The molecule has 6 heteroatoms. The molecule has 5 nitrogen and oxygen atoms in total. The zero-order chi connectivity index (χ0) is 14.7. The van der Waals surface area contributed by atoms with Crippen LogP contribution in [0.5, 0.6) is 0 Å². The summed E-state index contributed by atoms with van der Waals surface area (Å²) in [4.78, 5) is 25.1. The number of hydrogen-bond acceptors (Lipinski definition) is 3. The van der Waals surface area contributed by atoms with Gasteiger partial charge in [-0.05, 0) is 38.4 Å². The Morgan fingerprint density at radius 2 is 2.05 bits per heavy atom. The number of amides is 1. The third-order valence-electron chi connectivity index (χ3n) is 3.90. The molecule has 0 saturated carbocycles. The first-order valence-electron chi connectivity index (χ1n) is 6.82. The second-order valence-electron chi connectivity index (χ2n) is 5.30. The Bertz CT molecular complexity index is 521. The molecule has 2 unspecified atom stereocenters. The number of likely N-dealkylation sites (tertiary alicyclic amines) is 1. The lowest BCUT2D eigenvalue weighted by atomic mass is 10.1. The highest BCUT2D eigenvalue weighted by atomic mass is 35.5. The minimum atomic E-state index is -0.779. The summed E-state index contributed by atoms with van der Waals surface area (Å²) in [6.45, 7) is 4.85. The van der Waals surface area contributed by atoms with Crippen molar-refractivity contribution < 1.29 is 14.7 Å². The highest BCUT2D eigenvalue weighted by Crippen LogP contribution is 2.20. The van der Waals surface area contributed by atoms with Crippen LogP contribution in [0.3, 0.4) is 0 Å². The summed E-state index contributed by atoms with van der Waals surface area (Å²) in [6, 6.07) is 7.29. The molecule has 1 aromatic rings. The zero-order valence-electron chi connectivity index (χ0n) is 12.2. The molecular weight excluding hydrogens is 292 g/mol. The Kier molecular flexibility index (Phi) is 6.18. The summed E-state index contributed by atoms with van der Waals surface area (Å²) in [7, 11) is 0. The molecule has 0 radical (unpaired) electrons. The summed E-state index contributed by atoms with van der Waals surface area (Å²) in [5, 5.41) is 11.9. The van der Waals surface area contributed by atoms with Gasteiger partial charge in [0.25, 0.3) is 0 Å². The minimum absolute atomic E-state index is 0. The second-order valence-corrected chi connectivity index (χ2v) is 5.30. The van der Waals surface area contributed by atoms with Crippen LogP contribution in [0.2, 0.25) is 0 Å². The smallest absolute Gasteiger partial charge is 0.307 e. The number of carboxylic acid groups (broad SMARTS) is 1. The molecular formula is C15H21ClN2O3. The molecule has 0 spiro atoms. The molecule has 0 aliphatic carbocycles. The normalized spacial score (nSPS) is 19.6. The first kappa shape index (κ1) is 17.5. The van der Waals surface area contributed by atoms with Gasteiger partial charge in [-0.3, -0.25) is 14.5 Å². The third-order valence-corrected chi connectivity index (χ3v) is 3.90. The van der Waals surface area contributed by atoms with Gasteiger partial charge in [-0.15, -0.1) is 12.4 Å². The molecule has 1 amide bonds. The van der Waals surface area contributed by atoms with Gasteiger partial charge in [0.05, 0.1) is 12.0 Å². The minimum Gasteiger partial charge on any atom is -0.481 e. The Hall–Kier alpha value is -1.59. The van der Waals surface area contributed by atoms with Crippen molar-refractivity contribution in [3.05, 3.63) is 29.8 Å². The fourth-order valence-electron chi connectivity index (χ4n) is 2.46. The topological polar surface area (TPSA) is 69.6 Å². The summed E-state index contributed by atoms with van der Waals surface area (Å²) in [6.07, 6.45) is 0.608. The Balaban J connectivity index is 0.00000220. The van der Waals surface area contributed by atoms with E-state index in [2.05, 4.69) is 5.32 Å². The number of anilines is 1. The van der Waals surface area contributed by atoms with Crippen LogP contribution in [0.1, 0.15) is 18.9 Å². The number of carbonyl (C=O) groups is 2. The number of nitrogens with zero attached hydrogens (tertiary/aromatic N) is 1. The Morgan fingerprint density at radius 1 is 1.38 bits per heavy atom. The summed E-state index contributed by atoms with van der Waals surface area (Å²) in [5.41, 5.74) is 1.82. The maximum atomic E-state index is 12.2. The lowest BCUT2D eigenvalue weighted by molar-refractivity contribution is -0.141. The van der Waals surface area contributed by atoms with Crippen LogP contribution in [0.4, 0.5) is 5.69 Å². The molecule has 21 heavy (non-hydrogen) atoms. The van der Waals surface area contributed by atoms with E-state index in [9.17, 15) is 9.59 Å². The van der Waals surface area contributed by atoms with E-state index < -0.39 is 5.97 Å². The predicted molar refractivity (Wildman–Crippen MR) is 83.8 cm³/mol. The quantitative estimate of drug-likeness (QED) is 0.894. The zero-order valence-corrected chi connectivity index (χ0v) is 13.0. The average molecular weight is 313 g/mol. The fraction of sp³-hybridized carbons (Fsp3) is 0.467. The van der Waals surface area contributed by atoms with Crippen molar-refractivity contribution in [2.75, 3.05) is 18.4 Å². The molecule has 1 heterocycles. The van der Waals surface area contributed by atoms with Crippen LogP contribution in [-0.4, -0.2) is 41.0 Å². The van der Waals surface area contributed by atoms with Crippen molar-refractivity contribution >= 4 is 30.0 Å². The van der Waals surface area contributed by atoms with Crippen LogP contribution in [0.15, 0.2) is 24.3 Å². The van der Waals surface area contributed by atoms with Gasteiger partial charge >= 0.3 is 5.97 Å². The number of aryl methyl sites for hydroxylation is 1. The van der Waals surface area contributed by atoms with Crippen LogP contribution in [0, 0.1) is 12.8 Å².